The van der Waals surface area contributed by atoms with Gasteiger partial charge >= 0.3 is 6.18 Å². The van der Waals surface area contributed by atoms with Crippen LogP contribution in [0.25, 0.3) is 0 Å². The molecule has 6 heteroatoms. The summed E-state index contributed by atoms with van der Waals surface area (Å²) >= 11 is 0. The van der Waals surface area contributed by atoms with Gasteiger partial charge in [0.05, 0.1) is 11.6 Å². The van der Waals surface area contributed by atoms with Crippen LogP contribution >= 0.6 is 0 Å². The molecule has 3 N–H and O–H groups in total. The number of alkyl halides is 3. The number of nitrogens with two attached hydrogens (primary N) is 1. The van der Waals surface area contributed by atoms with E-state index in [0.29, 0.717) is 12.0 Å². The maximum atomic E-state index is 12.3. The third-order valence-electron chi connectivity index (χ3n) is 2.52. The summed E-state index contributed by atoms with van der Waals surface area (Å²) in [6, 6.07) is 4.06. The van der Waals surface area contributed by atoms with Crippen LogP contribution in [0.3, 0.4) is 0 Å². The van der Waals surface area contributed by atoms with Gasteiger partial charge in [0, 0.05) is 6.54 Å². The maximum Gasteiger partial charge on any atom is 0.416 e. The minimum atomic E-state index is -4.34. The van der Waals surface area contributed by atoms with Crippen molar-refractivity contribution in [3.05, 3.63) is 35.4 Å². The average Bonchev–Trinajstić information content (AvgIpc) is 2.34. The molecule has 0 aliphatic carbocycles. The average molecular weight is 260 g/mol. The number of nitrogens with one attached hydrogen (secondary N) is 1. The predicted octanol–water partition coefficient (Wildman–Crippen LogP) is 2.06. The largest absolute Gasteiger partial charge is 0.416 e. The van der Waals surface area contributed by atoms with Crippen molar-refractivity contribution in [3.8, 4) is 0 Å². The zero-order valence-corrected chi connectivity index (χ0v) is 9.92. The van der Waals surface area contributed by atoms with Crippen molar-refractivity contribution in [3.63, 3.8) is 0 Å². The van der Waals surface area contributed by atoms with Gasteiger partial charge in [-0.1, -0.05) is 19.1 Å². The Kier molecular flexibility index (Phi) is 4.72. The molecule has 18 heavy (non-hydrogen) atoms. The fraction of sp³-hybridized carbons (Fsp3) is 0.417. The molecule has 1 atom stereocenters. The van der Waals surface area contributed by atoms with E-state index in [4.69, 9.17) is 5.73 Å². The van der Waals surface area contributed by atoms with Gasteiger partial charge in [-0.05, 0) is 24.1 Å². The van der Waals surface area contributed by atoms with Gasteiger partial charge in [-0.3, -0.25) is 4.79 Å². The molecule has 0 unspecified atom stereocenters. The molecular weight excluding hydrogens is 245 g/mol. The molecule has 0 aliphatic rings. The van der Waals surface area contributed by atoms with E-state index >= 15 is 0 Å². The van der Waals surface area contributed by atoms with Crippen LogP contribution < -0.4 is 11.1 Å². The van der Waals surface area contributed by atoms with Gasteiger partial charge in [-0.15, -0.1) is 0 Å². The van der Waals surface area contributed by atoms with Gasteiger partial charge in [0.1, 0.15) is 0 Å². The maximum absolute atomic E-state index is 12.3. The molecule has 1 amide bonds. The highest BCUT2D eigenvalue weighted by Crippen LogP contribution is 2.28. The minimum Gasteiger partial charge on any atom is -0.351 e. The standard InChI is InChI=1S/C12H15F3N2O/c1-2-10(16)11(18)17-7-8-3-5-9(6-4-8)12(13,14)15/h3-6,10H,2,7,16H2,1H3,(H,17,18)/t10-/m1/s1. The van der Waals surface area contributed by atoms with Crippen molar-refractivity contribution >= 4 is 5.91 Å². The normalized spacial score (nSPS) is 13.2. The van der Waals surface area contributed by atoms with E-state index in [9.17, 15) is 18.0 Å². The Morgan fingerprint density at radius 2 is 1.89 bits per heavy atom. The lowest BCUT2D eigenvalue weighted by molar-refractivity contribution is -0.137. The van der Waals surface area contributed by atoms with Crippen molar-refractivity contribution in [2.24, 2.45) is 5.73 Å². The number of rotatable bonds is 4. The number of halogens is 3. The molecule has 0 aromatic heterocycles. The molecule has 0 fully saturated rings. The van der Waals surface area contributed by atoms with Gasteiger partial charge < -0.3 is 11.1 Å². The van der Waals surface area contributed by atoms with Gasteiger partial charge in [0.2, 0.25) is 5.91 Å². The fourth-order valence-electron chi connectivity index (χ4n) is 1.32. The SMILES string of the molecule is CC[C@@H](N)C(=O)NCc1ccc(C(F)(F)F)cc1. The number of amides is 1. The quantitative estimate of drug-likeness (QED) is 0.870. The summed E-state index contributed by atoms with van der Waals surface area (Å²) in [5.74, 6) is -0.308. The Morgan fingerprint density at radius 3 is 2.33 bits per heavy atom. The van der Waals surface area contributed by atoms with Crippen LogP contribution in [0.2, 0.25) is 0 Å². The monoisotopic (exact) mass is 260 g/mol. The molecule has 1 aromatic rings. The number of benzene rings is 1. The first-order valence-corrected chi connectivity index (χ1v) is 5.54. The van der Waals surface area contributed by atoms with Crippen LogP contribution in [-0.4, -0.2) is 11.9 Å². The van der Waals surface area contributed by atoms with Crippen molar-refractivity contribution in [1.29, 1.82) is 0 Å². The van der Waals surface area contributed by atoms with E-state index in [2.05, 4.69) is 5.32 Å². The Bertz CT molecular complexity index is 401. The van der Waals surface area contributed by atoms with Gasteiger partial charge in [0.25, 0.3) is 0 Å². The topological polar surface area (TPSA) is 55.1 Å². The van der Waals surface area contributed by atoms with Gasteiger partial charge in [0.15, 0.2) is 0 Å². The molecular formula is C12H15F3N2O. The highest BCUT2D eigenvalue weighted by atomic mass is 19.4. The van der Waals surface area contributed by atoms with Crippen LogP contribution in [0.5, 0.6) is 0 Å². The molecule has 0 heterocycles. The first-order chi connectivity index (χ1) is 8.34. The van der Waals surface area contributed by atoms with Crippen molar-refractivity contribution in [1.82, 2.24) is 5.32 Å². The summed E-state index contributed by atoms with van der Waals surface area (Å²) in [5, 5.41) is 2.56. The fourth-order valence-corrected chi connectivity index (χ4v) is 1.32. The summed E-state index contributed by atoms with van der Waals surface area (Å²) < 4.78 is 36.9. The molecule has 3 nitrogen and oxygen atoms in total. The smallest absolute Gasteiger partial charge is 0.351 e. The van der Waals surface area contributed by atoms with Crippen LogP contribution in [0.15, 0.2) is 24.3 Å². The Morgan fingerprint density at radius 1 is 1.33 bits per heavy atom. The zero-order chi connectivity index (χ0) is 13.8. The van der Waals surface area contributed by atoms with Crippen LogP contribution in [-0.2, 0) is 17.5 Å². The Labute approximate surface area is 103 Å². The first-order valence-electron chi connectivity index (χ1n) is 5.54. The van der Waals surface area contributed by atoms with Crippen LogP contribution in [0.1, 0.15) is 24.5 Å². The summed E-state index contributed by atoms with van der Waals surface area (Å²) in [7, 11) is 0. The molecule has 1 aromatic carbocycles. The second-order valence-electron chi connectivity index (χ2n) is 3.93. The second-order valence-corrected chi connectivity index (χ2v) is 3.93. The number of carbonyl (C=O) groups is 1. The van der Waals surface area contributed by atoms with Crippen molar-refractivity contribution < 1.29 is 18.0 Å². The van der Waals surface area contributed by atoms with E-state index in [0.717, 1.165) is 12.1 Å². The second kappa shape index (κ2) is 5.86. The lowest BCUT2D eigenvalue weighted by Crippen LogP contribution is -2.39. The molecule has 0 saturated heterocycles. The molecule has 100 valence electrons. The van der Waals surface area contributed by atoms with E-state index in [1.165, 1.54) is 12.1 Å². The molecule has 0 aliphatic heterocycles. The number of carbonyl (C=O) groups excluding carboxylic acids is 1. The van der Waals surface area contributed by atoms with Crippen molar-refractivity contribution in [2.45, 2.75) is 32.1 Å². The lowest BCUT2D eigenvalue weighted by atomic mass is 10.1. The molecule has 0 bridgehead atoms. The number of hydrogen-bond donors (Lipinski definition) is 2. The van der Waals surface area contributed by atoms with Crippen LogP contribution in [0, 0.1) is 0 Å². The molecule has 0 radical (unpaired) electrons. The predicted molar refractivity (Wildman–Crippen MR) is 61.6 cm³/mol. The molecule has 1 rings (SSSR count). The molecule has 0 spiro atoms. The minimum absolute atomic E-state index is 0.171. The van der Waals surface area contributed by atoms with E-state index in [1.54, 1.807) is 6.92 Å². The summed E-state index contributed by atoms with van der Waals surface area (Å²) in [5.41, 5.74) is 5.39. The summed E-state index contributed by atoms with van der Waals surface area (Å²) in [6.45, 7) is 1.95. The van der Waals surface area contributed by atoms with Gasteiger partial charge in [-0.2, -0.15) is 13.2 Å². The zero-order valence-electron chi connectivity index (χ0n) is 9.92. The lowest BCUT2D eigenvalue weighted by Gasteiger charge is -2.11. The van der Waals surface area contributed by atoms with Gasteiger partial charge in [-0.25, -0.2) is 0 Å². The van der Waals surface area contributed by atoms with E-state index < -0.39 is 17.8 Å². The Balaban J connectivity index is 2.57. The van der Waals surface area contributed by atoms with Crippen molar-refractivity contribution in [2.75, 3.05) is 0 Å². The Hall–Kier alpha value is -1.56. The van der Waals surface area contributed by atoms with Crippen LogP contribution in [0.4, 0.5) is 13.2 Å². The summed E-state index contributed by atoms with van der Waals surface area (Å²) in [4.78, 5) is 11.4. The summed E-state index contributed by atoms with van der Waals surface area (Å²) in [6.07, 6.45) is -3.83. The molecule has 0 saturated carbocycles. The highest BCUT2D eigenvalue weighted by Gasteiger charge is 2.29. The van der Waals surface area contributed by atoms with E-state index in [1.807, 2.05) is 0 Å². The first kappa shape index (κ1) is 14.5. The third-order valence-corrected chi connectivity index (χ3v) is 2.52. The third kappa shape index (κ3) is 4.03. The van der Waals surface area contributed by atoms with E-state index in [-0.39, 0.29) is 12.5 Å². The number of hydrogen-bond acceptors (Lipinski definition) is 2. The highest BCUT2D eigenvalue weighted by molar-refractivity contribution is 5.81.